The van der Waals surface area contributed by atoms with E-state index in [1.807, 2.05) is 36.4 Å². The number of benzene rings is 2. The number of nitrogens with one attached hydrogen (secondary N) is 1. The lowest BCUT2D eigenvalue weighted by molar-refractivity contribution is -0.116. The first-order chi connectivity index (χ1) is 15.5. The third-order valence-corrected chi connectivity index (χ3v) is 5.16. The van der Waals surface area contributed by atoms with Gasteiger partial charge in [0.25, 0.3) is 0 Å². The van der Waals surface area contributed by atoms with E-state index in [1.165, 1.54) is 6.33 Å². The molecule has 4 rings (SSSR count). The van der Waals surface area contributed by atoms with Crippen LogP contribution >= 0.6 is 0 Å². The largest absolute Gasteiger partial charge is 0.497 e. The van der Waals surface area contributed by atoms with E-state index in [9.17, 15) is 9.90 Å². The number of methoxy groups -OCH3 is 2. The molecule has 2 N–H and O–H groups in total. The molecule has 0 amide bonds. The number of fused-ring (bicyclic) bond motifs is 1. The first-order valence-corrected chi connectivity index (χ1v) is 10.1. The molecule has 0 saturated heterocycles. The molecule has 8 nitrogen and oxygen atoms in total. The number of ether oxygens (including phenoxy) is 2. The second kappa shape index (κ2) is 8.97. The highest BCUT2D eigenvalue weighted by atomic mass is 16.5. The number of nitrogens with zero attached hydrogens (tertiary/aromatic N) is 3. The van der Waals surface area contributed by atoms with Crippen LogP contribution in [0.4, 0.5) is 11.5 Å². The maximum atomic E-state index is 11.3. The molecule has 0 fully saturated rings. The molecule has 2 aromatic heterocycles. The fraction of sp³-hybridized carbons (Fsp3) is 0.208. The minimum atomic E-state index is 0.0502. The first kappa shape index (κ1) is 21.2. The maximum Gasteiger partial charge on any atom is 0.204 e. The van der Waals surface area contributed by atoms with E-state index >= 15 is 0 Å². The number of carbonyl (C=O) groups excluding carboxylic acids is 1. The highest BCUT2D eigenvalue weighted by Crippen LogP contribution is 2.34. The van der Waals surface area contributed by atoms with Crippen molar-refractivity contribution in [2.24, 2.45) is 0 Å². The summed E-state index contributed by atoms with van der Waals surface area (Å²) >= 11 is 0. The summed E-state index contributed by atoms with van der Waals surface area (Å²) in [5.41, 5.74) is 3.23. The van der Waals surface area contributed by atoms with Crippen LogP contribution in [0.3, 0.4) is 0 Å². The van der Waals surface area contributed by atoms with Crippen LogP contribution in [0.25, 0.3) is 10.9 Å². The van der Waals surface area contributed by atoms with Gasteiger partial charge in [0.05, 0.1) is 26.3 Å². The molecule has 164 valence electrons. The molecular formula is C24H24N4O4. The smallest absolute Gasteiger partial charge is 0.204 e. The van der Waals surface area contributed by atoms with Crippen LogP contribution in [0, 0.1) is 0 Å². The number of ketones is 1. The number of aromatic nitrogens is 3. The monoisotopic (exact) mass is 432 g/mol. The molecule has 0 atom stereocenters. The van der Waals surface area contributed by atoms with Crippen LogP contribution in [0.15, 0.2) is 55.0 Å². The zero-order valence-corrected chi connectivity index (χ0v) is 18.1. The van der Waals surface area contributed by atoms with Gasteiger partial charge >= 0.3 is 0 Å². The Kier molecular flexibility index (Phi) is 5.93. The Balaban J connectivity index is 1.64. The van der Waals surface area contributed by atoms with Crippen molar-refractivity contribution < 1.29 is 19.4 Å². The van der Waals surface area contributed by atoms with Crippen LogP contribution in [-0.4, -0.2) is 39.6 Å². The van der Waals surface area contributed by atoms with Crippen LogP contribution in [0.1, 0.15) is 18.1 Å². The van der Waals surface area contributed by atoms with Crippen LogP contribution in [-0.2, 0) is 17.8 Å². The first-order valence-electron chi connectivity index (χ1n) is 10.1. The van der Waals surface area contributed by atoms with Gasteiger partial charge in [-0.2, -0.15) is 0 Å². The van der Waals surface area contributed by atoms with Crippen molar-refractivity contribution in [1.29, 1.82) is 0 Å². The van der Waals surface area contributed by atoms with Gasteiger partial charge in [-0.05, 0) is 36.8 Å². The summed E-state index contributed by atoms with van der Waals surface area (Å²) in [4.78, 5) is 19.9. The van der Waals surface area contributed by atoms with Gasteiger partial charge in [-0.25, -0.2) is 9.97 Å². The fourth-order valence-corrected chi connectivity index (χ4v) is 3.58. The molecule has 0 radical (unpaired) electrons. The van der Waals surface area contributed by atoms with Crippen LogP contribution < -0.4 is 14.8 Å². The summed E-state index contributed by atoms with van der Waals surface area (Å²) < 4.78 is 12.4. The Morgan fingerprint density at radius 3 is 2.56 bits per heavy atom. The minimum absolute atomic E-state index is 0.0502. The lowest BCUT2D eigenvalue weighted by atomic mass is 10.1. The van der Waals surface area contributed by atoms with Crippen molar-refractivity contribution in [2.45, 2.75) is 19.9 Å². The van der Waals surface area contributed by atoms with E-state index < -0.39 is 0 Å². The topological polar surface area (TPSA) is 98.5 Å². The Labute approximate surface area is 185 Å². The number of hydrogen-bond donors (Lipinski definition) is 2. The average molecular weight is 432 g/mol. The molecular weight excluding hydrogens is 408 g/mol. The normalized spacial score (nSPS) is 10.8. The number of Topliss-reactive ketones (excluding diaryl/α,β-unsaturated/α-hetero) is 1. The van der Waals surface area contributed by atoms with Crippen molar-refractivity contribution in [2.75, 3.05) is 19.5 Å². The molecule has 32 heavy (non-hydrogen) atoms. The summed E-state index contributed by atoms with van der Waals surface area (Å²) in [6.45, 7) is 1.95. The fourth-order valence-electron chi connectivity index (χ4n) is 3.58. The Hall–Kier alpha value is -4.07. The number of carbonyl (C=O) groups is 1. The summed E-state index contributed by atoms with van der Waals surface area (Å²) in [7, 11) is 3.20. The standard InChI is InChI=1S/C24H24N4O4/c1-15(29)10-16-4-7-18(8-5-16)27-23-22-20(25-14-26-23)13-28(24(22)30)12-17-6-9-19(31-2)11-21(17)32-3/h4-9,11,13-14,30H,10,12H2,1-3H3,(H,25,26,27). The summed E-state index contributed by atoms with van der Waals surface area (Å²) in [5.74, 6) is 2.01. The number of aromatic hydroxyl groups is 1. The van der Waals surface area contributed by atoms with Crippen LogP contribution in [0.5, 0.6) is 17.4 Å². The third-order valence-electron chi connectivity index (χ3n) is 5.16. The zero-order chi connectivity index (χ0) is 22.7. The summed E-state index contributed by atoms with van der Waals surface area (Å²) in [6.07, 6.45) is 3.63. The van der Waals surface area contributed by atoms with Gasteiger partial charge in [0.15, 0.2) is 0 Å². The van der Waals surface area contributed by atoms with Gasteiger partial charge in [0.2, 0.25) is 5.88 Å². The van der Waals surface area contributed by atoms with E-state index in [1.54, 1.807) is 38.0 Å². The Bertz CT molecular complexity index is 1270. The van der Waals surface area contributed by atoms with E-state index in [-0.39, 0.29) is 11.7 Å². The predicted molar refractivity (Wildman–Crippen MR) is 122 cm³/mol. The van der Waals surface area contributed by atoms with Crippen molar-refractivity contribution >= 4 is 28.2 Å². The van der Waals surface area contributed by atoms with Gasteiger partial charge in [0, 0.05) is 29.9 Å². The molecule has 2 aromatic carbocycles. The molecule has 0 saturated carbocycles. The zero-order valence-electron chi connectivity index (χ0n) is 18.1. The summed E-state index contributed by atoms with van der Waals surface area (Å²) in [6, 6.07) is 13.1. The van der Waals surface area contributed by atoms with E-state index in [4.69, 9.17) is 9.47 Å². The quantitative estimate of drug-likeness (QED) is 0.433. The average Bonchev–Trinajstić information content (AvgIpc) is 3.11. The number of hydrogen-bond acceptors (Lipinski definition) is 7. The Morgan fingerprint density at radius 2 is 1.88 bits per heavy atom. The van der Waals surface area contributed by atoms with Gasteiger partial charge in [-0.3, -0.25) is 4.79 Å². The maximum absolute atomic E-state index is 11.3. The molecule has 0 aliphatic rings. The molecule has 0 aliphatic carbocycles. The Morgan fingerprint density at radius 1 is 1.09 bits per heavy atom. The third kappa shape index (κ3) is 4.34. The molecule has 0 unspecified atom stereocenters. The van der Waals surface area contributed by atoms with E-state index in [0.717, 1.165) is 16.8 Å². The van der Waals surface area contributed by atoms with Gasteiger partial charge in [-0.15, -0.1) is 0 Å². The molecule has 0 spiro atoms. The van der Waals surface area contributed by atoms with Crippen LogP contribution in [0.2, 0.25) is 0 Å². The number of anilines is 2. The molecule has 8 heteroatoms. The highest BCUT2D eigenvalue weighted by molar-refractivity contribution is 5.95. The molecule has 0 bridgehead atoms. The molecule has 4 aromatic rings. The highest BCUT2D eigenvalue weighted by Gasteiger charge is 2.16. The lowest BCUT2D eigenvalue weighted by Crippen LogP contribution is -2.01. The van der Waals surface area contributed by atoms with Crippen molar-refractivity contribution in [1.82, 2.24) is 14.5 Å². The number of rotatable bonds is 8. The minimum Gasteiger partial charge on any atom is -0.497 e. The lowest BCUT2D eigenvalue weighted by Gasteiger charge is -2.12. The van der Waals surface area contributed by atoms with Gasteiger partial charge in [0.1, 0.15) is 34.8 Å². The van der Waals surface area contributed by atoms with Gasteiger partial charge < -0.3 is 24.5 Å². The predicted octanol–water partition coefficient (Wildman–Crippen LogP) is 4.08. The van der Waals surface area contributed by atoms with Crippen molar-refractivity contribution in [3.63, 3.8) is 0 Å². The second-order valence-electron chi connectivity index (χ2n) is 7.44. The molecule has 2 heterocycles. The second-order valence-corrected chi connectivity index (χ2v) is 7.44. The van der Waals surface area contributed by atoms with Crippen molar-refractivity contribution in [3.8, 4) is 17.4 Å². The van der Waals surface area contributed by atoms with E-state index in [2.05, 4.69) is 15.3 Å². The van der Waals surface area contributed by atoms with Crippen molar-refractivity contribution in [3.05, 3.63) is 66.1 Å². The molecule has 0 aliphatic heterocycles. The van der Waals surface area contributed by atoms with Gasteiger partial charge in [-0.1, -0.05) is 12.1 Å². The van der Waals surface area contributed by atoms with E-state index in [0.29, 0.717) is 41.2 Å². The summed E-state index contributed by atoms with van der Waals surface area (Å²) in [5, 5.41) is 14.7. The SMILES string of the molecule is COc1ccc(Cn2cc3ncnc(Nc4ccc(CC(C)=O)cc4)c3c2O)c(OC)c1.